The predicted molar refractivity (Wildman–Crippen MR) is 112 cm³/mol. The van der Waals surface area contributed by atoms with Gasteiger partial charge in [-0.25, -0.2) is 0 Å². The molecule has 0 N–H and O–H groups in total. The van der Waals surface area contributed by atoms with E-state index in [0.717, 1.165) is 11.1 Å². The van der Waals surface area contributed by atoms with Crippen molar-refractivity contribution in [2.45, 2.75) is 53.8 Å². The Kier molecular flexibility index (Phi) is 10.3. The first kappa shape index (κ1) is 23.7. The van der Waals surface area contributed by atoms with Crippen LogP contribution in [0, 0.1) is 23.7 Å². The Morgan fingerprint density at radius 1 is 0.857 bits per heavy atom. The maximum atomic E-state index is 12.3. The van der Waals surface area contributed by atoms with Crippen LogP contribution in [0.2, 0.25) is 0 Å². The standard InChI is InChI=1S/C24H34O4/c1-7-10-21(17(3)4)23(25)27-15-19-12-9-13-20(14-19)16-28-24(26)22(11-8-2)18(5)6/h7-9,12-14,17-18,21-22H,1-2,10-11,15-16H2,3-6H3/t21-,22-/m0/s1. The zero-order valence-corrected chi connectivity index (χ0v) is 17.6. The SMILES string of the molecule is C=CC[C@H](C(=O)OCc1cccc(COC(=O)[C@@H](CC=C)C(C)C)c1)C(C)C. The number of carbonyl (C=O) groups excluding carboxylic acids is 2. The number of esters is 2. The van der Waals surface area contributed by atoms with Crippen LogP contribution in [0.3, 0.4) is 0 Å². The van der Waals surface area contributed by atoms with Crippen LogP contribution < -0.4 is 0 Å². The number of benzene rings is 1. The topological polar surface area (TPSA) is 52.6 Å². The summed E-state index contributed by atoms with van der Waals surface area (Å²) >= 11 is 0. The first-order valence-electron chi connectivity index (χ1n) is 9.93. The summed E-state index contributed by atoms with van der Waals surface area (Å²) in [5.74, 6) is -0.396. The van der Waals surface area contributed by atoms with Crippen molar-refractivity contribution in [1.29, 1.82) is 0 Å². The molecule has 4 heteroatoms. The van der Waals surface area contributed by atoms with Crippen molar-refractivity contribution in [2.75, 3.05) is 0 Å². The van der Waals surface area contributed by atoms with Gasteiger partial charge in [0.05, 0.1) is 11.8 Å². The van der Waals surface area contributed by atoms with E-state index in [9.17, 15) is 9.59 Å². The van der Waals surface area contributed by atoms with Crippen LogP contribution in [0.4, 0.5) is 0 Å². The minimum Gasteiger partial charge on any atom is -0.461 e. The van der Waals surface area contributed by atoms with Crippen molar-refractivity contribution in [3.8, 4) is 0 Å². The average Bonchev–Trinajstić information content (AvgIpc) is 2.66. The summed E-state index contributed by atoms with van der Waals surface area (Å²) in [4.78, 5) is 24.6. The third kappa shape index (κ3) is 7.71. The van der Waals surface area contributed by atoms with Crippen LogP contribution in [0.1, 0.15) is 51.7 Å². The van der Waals surface area contributed by atoms with Gasteiger partial charge in [0.15, 0.2) is 0 Å². The quantitative estimate of drug-likeness (QED) is 0.353. The van der Waals surface area contributed by atoms with Crippen molar-refractivity contribution in [3.63, 3.8) is 0 Å². The van der Waals surface area contributed by atoms with Crippen LogP contribution in [0.5, 0.6) is 0 Å². The highest BCUT2D eigenvalue weighted by atomic mass is 16.5. The Labute approximate surface area is 169 Å². The van der Waals surface area contributed by atoms with Gasteiger partial charge in [-0.1, -0.05) is 58.0 Å². The van der Waals surface area contributed by atoms with Gasteiger partial charge in [0.2, 0.25) is 0 Å². The van der Waals surface area contributed by atoms with E-state index in [0.29, 0.717) is 12.8 Å². The normalized spacial score (nSPS) is 13.1. The molecule has 4 nitrogen and oxygen atoms in total. The Hall–Kier alpha value is -2.36. The first-order chi connectivity index (χ1) is 13.3. The second-order valence-corrected chi connectivity index (χ2v) is 7.79. The molecule has 1 aromatic rings. The zero-order chi connectivity index (χ0) is 21.1. The van der Waals surface area contributed by atoms with E-state index in [4.69, 9.17) is 9.47 Å². The van der Waals surface area contributed by atoms with E-state index in [1.807, 2.05) is 52.0 Å². The molecule has 0 amide bonds. The summed E-state index contributed by atoms with van der Waals surface area (Å²) in [6.45, 7) is 15.8. The van der Waals surface area contributed by atoms with Crippen molar-refractivity contribution in [1.82, 2.24) is 0 Å². The van der Waals surface area contributed by atoms with Crippen molar-refractivity contribution < 1.29 is 19.1 Å². The molecular weight excluding hydrogens is 352 g/mol. The van der Waals surface area contributed by atoms with Gasteiger partial charge in [-0.05, 0) is 41.9 Å². The van der Waals surface area contributed by atoms with Crippen molar-refractivity contribution in [2.24, 2.45) is 23.7 Å². The Bertz CT molecular complexity index is 607. The van der Waals surface area contributed by atoms with E-state index < -0.39 is 0 Å². The number of allylic oxidation sites excluding steroid dienone is 2. The molecule has 1 aromatic carbocycles. The molecule has 28 heavy (non-hydrogen) atoms. The molecule has 154 valence electrons. The molecule has 0 radical (unpaired) electrons. The lowest BCUT2D eigenvalue weighted by Gasteiger charge is -2.18. The molecule has 2 atom stereocenters. The fraction of sp³-hybridized carbons (Fsp3) is 0.500. The fourth-order valence-electron chi connectivity index (χ4n) is 2.97. The molecule has 0 aliphatic carbocycles. The maximum absolute atomic E-state index is 12.3. The summed E-state index contributed by atoms with van der Waals surface area (Å²) in [6, 6.07) is 7.56. The number of hydrogen-bond donors (Lipinski definition) is 0. The van der Waals surface area contributed by atoms with E-state index in [1.165, 1.54) is 0 Å². The van der Waals surface area contributed by atoms with Gasteiger partial charge in [-0.3, -0.25) is 9.59 Å². The van der Waals surface area contributed by atoms with Gasteiger partial charge in [-0.15, -0.1) is 13.2 Å². The minimum atomic E-state index is -0.212. The van der Waals surface area contributed by atoms with Gasteiger partial charge in [0, 0.05) is 0 Å². The van der Waals surface area contributed by atoms with Crippen LogP contribution in [-0.2, 0) is 32.3 Å². The van der Waals surface area contributed by atoms with Crippen LogP contribution in [0.25, 0.3) is 0 Å². The molecule has 1 rings (SSSR count). The van der Waals surface area contributed by atoms with Crippen molar-refractivity contribution >= 4 is 11.9 Å². The van der Waals surface area contributed by atoms with E-state index in [1.54, 1.807) is 12.2 Å². The molecular formula is C24H34O4. The maximum Gasteiger partial charge on any atom is 0.309 e. The molecule has 0 saturated carbocycles. The van der Waals surface area contributed by atoms with Gasteiger partial charge >= 0.3 is 11.9 Å². The third-order valence-electron chi connectivity index (χ3n) is 4.81. The molecule has 0 unspecified atom stereocenters. The molecule has 0 aromatic heterocycles. The van der Waals surface area contributed by atoms with Crippen LogP contribution in [-0.4, -0.2) is 11.9 Å². The predicted octanol–water partition coefficient (Wildman–Crippen LogP) is 5.47. The lowest BCUT2D eigenvalue weighted by molar-refractivity contribution is -0.152. The van der Waals surface area contributed by atoms with Gasteiger partial charge < -0.3 is 9.47 Å². The summed E-state index contributed by atoms with van der Waals surface area (Å²) in [6.07, 6.45) is 4.71. The zero-order valence-electron chi connectivity index (χ0n) is 17.6. The lowest BCUT2D eigenvalue weighted by atomic mass is 9.93. The Morgan fingerprint density at radius 2 is 1.25 bits per heavy atom. The van der Waals surface area contributed by atoms with Crippen molar-refractivity contribution in [3.05, 3.63) is 60.7 Å². The van der Waals surface area contributed by atoms with Gasteiger partial charge in [0.25, 0.3) is 0 Å². The lowest BCUT2D eigenvalue weighted by Crippen LogP contribution is -2.22. The highest BCUT2D eigenvalue weighted by Crippen LogP contribution is 2.20. The summed E-state index contributed by atoms with van der Waals surface area (Å²) < 4.78 is 11.0. The molecule has 0 bridgehead atoms. The molecule has 0 saturated heterocycles. The summed E-state index contributed by atoms with van der Waals surface area (Å²) in [5.41, 5.74) is 1.74. The molecule has 0 fully saturated rings. The Morgan fingerprint density at radius 3 is 1.57 bits per heavy atom. The largest absolute Gasteiger partial charge is 0.461 e. The fourth-order valence-corrected chi connectivity index (χ4v) is 2.97. The highest BCUT2D eigenvalue weighted by Gasteiger charge is 2.23. The Balaban J connectivity index is 2.64. The summed E-state index contributed by atoms with van der Waals surface area (Å²) in [7, 11) is 0. The van der Waals surface area contributed by atoms with E-state index >= 15 is 0 Å². The average molecular weight is 387 g/mol. The number of hydrogen-bond acceptors (Lipinski definition) is 4. The molecule has 0 spiro atoms. The second kappa shape index (κ2) is 12.2. The van der Waals surface area contributed by atoms with Gasteiger partial charge in [-0.2, -0.15) is 0 Å². The second-order valence-electron chi connectivity index (χ2n) is 7.79. The monoisotopic (exact) mass is 386 g/mol. The van der Waals surface area contributed by atoms with Crippen LogP contribution >= 0.6 is 0 Å². The van der Waals surface area contributed by atoms with E-state index in [-0.39, 0.29) is 48.8 Å². The molecule has 0 heterocycles. The molecule has 0 aliphatic heterocycles. The van der Waals surface area contributed by atoms with E-state index in [2.05, 4.69) is 13.2 Å². The number of rotatable bonds is 12. The van der Waals surface area contributed by atoms with Crippen LogP contribution in [0.15, 0.2) is 49.6 Å². The minimum absolute atomic E-state index is 0.181. The van der Waals surface area contributed by atoms with Gasteiger partial charge in [0.1, 0.15) is 13.2 Å². The first-order valence-corrected chi connectivity index (χ1v) is 9.93. The third-order valence-corrected chi connectivity index (χ3v) is 4.81. The smallest absolute Gasteiger partial charge is 0.309 e. The highest BCUT2D eigenvalue weighted by molar-refractivity contribution is 5.73. The number of ether oxygens (including phenoxy) is 2. The molecule has 0 aliphatic rings. The number of carbonyl (C=O) groups is 2. The summed E-state index contributed by atoms with van der Waals surface area (Å²) in [5, 5.41) is 0.